The molecule has 0 saturated heterocycles. The standard InChI is InChI=1S/C32H37N3O2/c1-5-6-8-17-30(36)34(21-20-26-13-9-7-10-14-26)25(4)31-33-28-16-12-11-15-27(28)32(37)35(31)29-19-18-23(2)22-24(29)3/h7,9-16,18-19,22,25H,5-6,8,17,20-21H2,1-4H3. The second-order valence-electron chi connectivity index (χ2n) is 9.87. The number of hydrogen-bond acceptors (Lipinski definition) is 3. The maximum Gasteiger partial charge on any atom is 0.266 e. The molecule has 0 aliphatic carbocycles. The average molecular weight is 496 g/mol. The van der Waals surface area contributed by atoms with Crippen molar-refractivity contribution < 1.29 is 4.79 Å². The van der Waals surface area contributed by atoms with Gasteiger partial charge >= 0.3 is 0 Å². The Balaban J connectivity index is 1.82. The van der Waals surface area contributed by atoms with E-state index in [1.165, 1.54) is 5.56 Å². The molecule has 0 aliphatic heterocycles. The molecule has 37 heavy (non-hydrogen) atoms. The van der Waals surface area contributed by atoms with Crippen molar-refractivity contribution >= 4 is 16.8 Å². The van der Waals surface area contributed by atoms with Gasteiger partial charge in [0, 0.05) is 13.0 Å². The zero-order chi connectivity index (χ0) is 26.4. The van der Waals surface area contributed by atoms with Crippen molar-refractivity contribution in [2.75, 3.05) is 6.54 Å². The first-order chi connectivity index (χ1) is 17.9. The number of para-hydroxylation sites is 1. The second kappa shape index (κ2) is 12.0. The molecule has 192 valence electrons. The third kappa shape index (κ3) is 5.99. The summed E-state index contributed by atoms with van der Waals surface area (Å²) < 4.78 is 1.72. The molecule has 1 unspecified atom stereocenters. The monoisotopic (exact) mass is 495 g/mol. The number of aromatic nitrogens is 2. The third-order valence-corrected chi connectivity index (χ3v) is 7.03. The van der Waals surface area contributed by atoms with E-state index in [-0.39, 0.29) is 17.5 Å². The zero-order valence-corrected chi connectivity index (χ0v) is 22.4. The molecule has 1 atom stereocenters. The Morgan fingerprint density at radius 1 is 0.973 bits per heavy atom. The summed E-state index contributed by atoms with van der Waals surface area (Å²) in [6.07, 6.45) is 4.18. The van der Waals surface area contributed by atoms with Gasteiger partial charge < -0.3 is 4.90 Å². The summed E-state index contributed by atoms with van der Waals surface area (Å²) in [6.45, 7) is 8.76. The van der Waals surface area contributed by atoms with Crippen LogP contribution >= 0.6 is 0 Å². The summed E-state index contributed by atoms with van der Waals surface area (Å²) in [5.41, 5.74) is 4.65. The van der Waals surface area contributed by atoms with Crippen LogP contribution in [0.3, 0.4) is 0 Å². The molecule has 3 aromatic carbocycles. The van der Waals surface area contributed by atoms with Crippen LogP contribution < -0.4 is 5.56 Å². The van der Waals surface area contributed by atoms with E-state index in [1.54, 1.807) is 4.57 Å². The van der Waals surface area contributed by atoms with Gasteiger partial charge in [-0.3, -0.25) is 14.2 Å². The molecule has 5 nitrogen and oxygen atoms in total. The lowest BCUT2D eigenvalue weighted by atomic mass is 10.1. The Hall–Kier alpha value is -3.73. The minimum Gasteiger partial charge on any atom is -0.332 e. The largest absolute Gasteiger partial charge is 0.332 e. The number of hydrogen-bond donors (Lipinski definition) is 0. The van der Waals surface area contributed by atoms with E-state index in [0.717, 1.165) is 42.5 Å². The maximum absolute atomic E-state index is 13.9. The van der Waals surface area contributed by atoms with Crippen molar-refractivity contribution in [1.29, 1.82) is 0 Å². The minimum absolute atomic E-state index is 0.103. The number of carbonyl (C=O) groups is 1. The van der Waals surface area contributed by atoms with Gasteiger partial charge in [0.2, 0.25) is 5.91 Å². The average Bonchev–Trinajstić information content (AvgIpc) is 2.90. The number of benzene rings is 3. The number of amides is 1. The van der Waals surface area contributed by atoms with Crippen molar-refractivity contribution in [3.05, 3.63) is 106 Å². The van der Waals surface area contributed by atoms with Crippen LogP contribution in [0.2, 0.25) is 0 Å². The van der Waals surface area contributed by atoms with E-state index in [1.807, 2.05) is 80.3 Å². The molecular formula is C32H37N3O2. The van der Waals surface area contributed by atoms with Crippen molar-refractivity contribution in [1.82, 2.24) is 14.5 Å². The fourth-order valence-corrected chi connectivity index (χ4v) is 4.96. The third-order valence-electron chi connectivity index (χ3n) is 7.03. The lowest BCUT2D eigenvalue weighted by Crippen LogP contribution is -2.38. The van der Waals surface area contributed by atoms with Crippen molar-refractivity contribution in [3.8, 4) is 5.69 Å². The van der Waals surface area contributed by atoms with Gasteiger partial charge in [-0.15, -0.1) is 0 Å². The van der Waals surface area contributed by atoms with Crippen LogP contribution in [0.25, 0.3) is 16.6 Å². The van der Waals surface area contributed by atoms with Crippen LogP contribution in [-0.4, -0.2) is 26.9 Å². The molecule has 1 heterocycles. The Morgan fingerprint density at radius 2 is 1.70 bits per heavy atom. The van der Waals surface area contributed by atoms with Gasteiger partial charge in [0.05, 0.1) is 22.6 Å². The quantitative estimate of drug-likeness (QED) is 0.230. The van der Waals surface area contributed by atoms with Gasteiger partial charge in [-0.2, -0.15) is 0 Å². The first-order valence-corrected chi connectivity index (χ1v) is 13.3. The van der Waals surface area contributed by atoms with E-state index in [9.17, 15) is 9.59 Å². The molecule has 0 spiro atoms. The van der Waals surface area contributed by atoms with Gasteiger partial charge in [-0.05, 0) is 62.9 Å². The van der Waals surface area contributed by atoms with Crippen LogP contribution in [0.1, 0.15) is 68.1 Å². The van der Waals surface area contributed by atoms with Crippen molar-refractivity contribution in [2.24, 2.45) is 0 Å². The first kappa shape index (κ1) is 26.3. The highest BCUT2D eigenvalue weighted by atomic mass is 16.2. The smallest absolute Gasteiger partial charge is 0.266 e. The summed E-state index contributed by atoms with van der Waals surface area (Å²) in [6, 6.07) is 23.4. The molecule has 0 saturated carbocycles. The summed E-state index contributed by atoms with van der Waals surface area (Å²) >= 11 is 0. The summed E-state index contributed by atoms with van der Waals surface area (Å²) in [5, 5.41) is 0.573. The lowest BCUT2D eigenvalue weighted by molar-refractivity contribution is -0.133. The number of rotatable bonds is 10. The van der Waals surface area contributed by atoms with Crippen LogP contribution in [-0.2, 0) is 11.2 Å². The van der Waals surface area contributed by atoms with Gasteiger partial charge in [0.1, 0.15) is 5.82 Å². The van der Waals surface area contributed by atoms with E-state index < -0.39 is 0 Å². The van der Waals surface area contributed by atoms with Gasteiger partial charge in [0.15, 0.2) is 0 Å². The molecule has 1 aromatic heterocycles. The lowest BCUT2D eigenvalue weighted by Gasteiger charge is -2.31. The molecular weight excluding hydrogens is 458 g/mol. The zero-order valence-electron chi connectivity index (χ0n) is 22.4. The molecule has 0 N–H and O–H groups in total. The molecule has 4 aromatic rings. The van der Waals surface area contributed by atoms with E-state index in [2.05, 4.69) is 25.1 Å². The number of unbranched alkanes of at least 4 members (excludes halogenated alkanes) is 2. The maximum atomic E-state index is 13.9. The van der Waals surface area contributed by atoms with Crippen molar-refractivity contribution in [3.63, 3.8) is 0 Å². The SMILES string of the molecule is CCCCCC(=O)N(CCc1ccccc1)C(C)c1nc2ccccc2c(=O)n1-c1ccc(C)cc1C. The van der Waals surface area contributed by atoms with Crippen LogP contribution in [0.15, 0.2) is 77.6 Å². The second-order valence-corrected chi connectivity index (χ2v) is 9.87. The van der Waals surface area contributed by atoms with E-state index >= 15 is 0 Å². The normalized spacial score (nSPS) is 12.0. The molecule has 5 heteroatoms. The Bertz CT molecular complexity index is 1430. The van der Waals surface area contributed by atoms with Crippen LogP contribution in [0.4, 0.5) is 0 Å². The molecule has 0 aliphatic rings. The first-order valence-electron chi connectivity index (χ1n) is 13.3. The van der Waals surface area contributed by atoms with Crippen LogP contribution in [0.5, 0.6) is 0 Å². The summed E-state index contributed by atoms with van der Waals surface area (Å²) in [5.74, 6) is 0.694. The summed E-state index contributed by atoms with van der Waals surface area (Å²) in [7, 11) is 0. The number of aryl methyl sites for hydroxylation is 2. The van der Waals surface area contributed by atoms with Gasteiger partial charge in [-0.1, -0.05) is 79.9 Å². The molecule has 4 rings (SSSR count). The Kier molecular flexibility index (Phi) is 8.54. The van der Waals surface area contributed by atoms with Gasteiger partial charge in [-0.25, -0.2) is 4.98 Å². The highest BCUT2D eigenvalue weighted by Crippen LogP contribution is 2.26. The molecule has 0 bridgehead atoms. The van der Waals surface area contributed by atoms with E-state index in [0.29, 0.717) is 29.7 Å². The topological polar surface area (TPSA) is 55.2 Å². The predicted octanol–water partition coefficient (Wildman–Crippen LogP) is 6.72. The molecule has 0 fully saturated rings. The summed E-state index contributed by atoms with van der Waals surface area (Å²) in [4.78, 5) is 34.4. The number of fused-ring (bicyclic) bond motifs is 1. The highest BCUT2D eigenvalue weighted by Gasteiger charge is 2.27. The van der Waals surface area contributed by atoms with E-state index in [4.69, 9.17) is 4.98 Å². The fraction of sp³-hybridized carbons (Fsp3) is 0.344. The van der Waals surface area contributed by atoms with Crippen molar-refractivity contribution in [2.45, 2.75) is 65.8 Å². The predicted molar refractivity (Wildman–Crippen MR) is 151 cm³/mol. The molecule has 1 amide bonds. The fourth-order valence-electron chi connectivity index (χ4n) is 4.96. The molecule has 0 radical (unpaired) electrons. The van der Waals surface area contributed by atoms with Crippen LogP contribution in [0, 0.1) is 13.8 Å². The Labute approximate surface area is 219 Å². The minimum atomic E-state index is -0.379. The number of nitrogens with zero attached hydrogens (tertiary/aromatic N) is 3. The highest BCUT2D eigenvalue weighted by molar-refractivity contribution is 5.79. The van der Waals surface area contributed by atoms with Gasteiger partial charge in [0.25, 0.3) is 5.56 Å². The number of carbonyl (C=O) groups excluding carboxylic acids is 1. The Morgan fingerprint density at radius 3 is 2.43 bits per heavy atom.